The first kappa shape index (κ1) is 17.9. The number of hydrogen-bond donors (Lipinski definition) is 0. The van der Waals surface area contributed by atoms with Gasteiger partial charge in [-0.1, -0.05) is 17.7 Å². The SMILES string of the molecule is COc1cc(CN2CCC[C@H](C(=O)c3ccc(Cl)cc3)C2)ccc1F. The van der Waals surface area contributed by atoms with Gasteiger partial charge in [-0.05, 0) is 61.3 Å². The average molecular weight is 362 g/mol. The molecule has 5 heteroatoms. The van der Waals surface area contributed by atoms with Gasteiger partial charge < -0.3 is 4.74 Å². The van der Waals surface area contributed by atoms with E-state index in [4.69, 9.17) is 16.3 Å². The van der Waals surface area contributed by atoms with Crippen LogP contribution in [0.5, 0.6) is 5.75 Å². The highest BCUT2D eigenvalue weighted by Crippen LogP contribution is 2.25. The fourth-order valence-corrected chi connectivity index (χ4v) is 3.45. The normalized spacial score (nSPS) is 18.1. The van der Waals surface area contributed by atoms with Crippen LogP contribution in [0.2, 0.25) is 5.02 Å². The summed E-state index contributed by atoms with van der Waals surface area (Å²) in [6, 6.07) is 12.0. The van der Waals surface area contributed by atoms with Crippen LogP contribution in [0.15, 0.2) is 42.5 Å². The summed E-state index contributed by atoms with van der Waals surface area (Å²) in [6.45, 7) is 2.33. The Hall–Kier alpha value is -1.91. The Balaban J connectivity index is 1.66. The molecular weight excluding hydrogens is 341 g/mol. The number of ether oxygens (including phenoxy) is 1. The van der Waals surface area contributed by atoms with Crippen molar-refractivity contribution in [3.63, 3.8) is 0 Å². The van der Waals surface area contributed by atoms with Gasteiger partial charge in [0.2, 0.25) is 0 Å². The topological polar surface area (TPSA) is 29.5 Å². The van der Waals surface area contributed by atoms with Gasteiger partial charge in [-0.25, -0.2) is 4.39 Å². The smallest absolute Gasteiger partial charge is 0.167 e. The predicted octanol–water partition coefficient (Wildman–Crippen LogP) is 4.58. The standard InChI is InChI=1S/C20H21ClFNO2/c1-25-19-11-14(4-9-18(19)22)12-23-10-2-3-16(13-23)20(24)15-5-7-17(21)8-6-15/h4-9,11,16H,2-3,10,12-13H2,1H3/t16-/m0/s1. The summed E-state index contributed by atoms with van der Waals surface area (Å²) >= 11 is 5.89. The molecular formula is C20H21ClFNO2. The number of benzene rings is 2. The lowest BCUT2D eigenvalue weighted by molar-refractivity contribution is 0.0811. The molecule has 2 aromatic carbocycles. The highest BCUT2D eigenvalue weighted by atomic mass is 35.5. The molecule has 1 aliphatic heterocycles. The molecule has 0 unspecified atom stereocenters. The zero-order chi connectivity index (χ0) is 17.8. The van der Waals surface area contributed by atoms with E-state index in [9.17, 15) is 9.18 Å². The Bertz CT molecular complexity index is 748. The van der Waals surface area contributed by atoms with E-state index in [1.165, 1.54) is 13.2 Å². The number of nitrogens with zero attached hydrogens (tertiary/aromatic N) is 1. The third kappa shape index (κ3) is 4.39. The maximum atomic E-state index is 13.5. The van der Waals surface area contributed by atoms with Crippen LogP contribution in [0, 0.1) is 11.7 Å². The summed E-state index contributed by atoms with van der Waals surface area (Å²) in [6.07, 6.45) is 1.87. The zero-order valence-electron chi connectivity index (χ0n) is 14.2. The van der Waals surface area contributed by atoms with E-state index < -0.39 is 0 Å². The van der Waals surface area contributed by atoms with Crippen LogP contribution in [-0.2, 0) is 6.54 Å². The molecule has 0 radical (unpaired) electrons. The number of rotatable bonds is 5. The molecule has 25 heavy (non-hydrogen) atoms. The van der Waals surface area contributed by atoms with Gasteiger partial charge >= 0.3 is 0 Å². The van der Waals surface area contributed by atoms with Crippen molar-refractivity contribution in [3.8, 4) is 5.75 Å². The fourth-order valence-electron chi connectivity index (χ4n) is 3.32. The highest BCUT2D eigenvalue weighted by Gasteiger charge is 2.26. The molecule has 3 nitrogen and oxygen atoms in total. The number of carbonyl (C=O) groups excluding carboxylic acids is 1. The van der Waals surface area contributed by atoms with Crippen LogP contribution in [0.25, 0.3) is 0 Å². The van der Waals surface area contributed by atoms with Gasteiger partial charge in [-0.15, -0.1) is 0 Å². The van der Waals surface area contributed by atoms with Gasteiger partial charge in [0.15, 0.2) is 17.3 Å². The van der Waals surface area contributed by atoms with Crippen molar-refractivity contribution >= 4 is 17.4 Å². The molecule has 1 aliphatic rings. The second kappa shape index (κ2) is 7.98. The fraction of sp³-hybridized carbons (Fsp3) is 0.350. The van der Waals surface area contributed by atoms with Gasteiger partial charge in [0.1, 0.15) is 0 Å². The first-order chi connectivity index (χ1) is 12.1. The molecule has 1 atom stereocenters. The lowest BCUT2D eigenvalue weighted by Gasteiger charge is -2.32. The Labute approximate surface area is 152 Å². The summed E-state index contributed by atoms with van der Waals surface area (Å²) in [5.41, 5.74) is 1.69. The number of Topliss-reactive ketones (excluding diaryl/α,β-unsaturated/α-hetero) is 1. The van der Waals surface area contributed by atoms with Crippen molar-refractivity contribution in [3.05, 3.63) is 64.4 Å². The minimum Gasteiger partial charge on any atom is -0.494 e. The van der Waals surface area contributed by atoms with Gasteiger partial charge in [0.05, 0.1) is 7.11 Å². The van der Waals surface area contributed by atoms with Crippen LogP contribution in [0.1, 0.15) is 28.8 Å². The largest absolute Gasteiger partial charge is 0.494 e. The first-order valence-electron chi connectivity index (χ1n) is 8.41. The van der Waals surface area contributed by atoms with E-state index in [-0.39, 0.29) is 23.3 Å². The number of carbonyl (C=O) groups is 1. The number of ketones is 1. The Morgan fingerprint density at radius 2 is 2.04 bits per heavy atom. The minimum absolute atomic E-state index is 0.0164. The summed E-state index contributed by atoms with van der Waals surface area (Å²) < 4.78 is 18.6. The number of methoxy groups -OCH3 is 1. The van der Waals surface area contributed by atoms with E-state index in [0.717, 1.165) is 24.9 Å². The molecule has 1 heterocycles. The van der Waals surface area contributed by atoms with E-state index in [1.54, 1.807) is 36.4 Å². The lowest BCUT2D eigenvalue weighted by Crippen LogP contribution is -2.38. The van der Waals surface area contributed by atoms with E-state index in [0.29, 0.717) is 23.7 Å². The van der Waals surface area contributed by atoms with Gasteiger partial charge in [-0.3, -0.25) is 9.69 Å². The van der Waals surface area contributed by atoms with Crippen molar-refractivity contribution in [1.82, 2.24) is 4.90 Å². The summed E-state index contributed by atoms with van der Waals surface area (Å²) in [4.78, 5) is 15.0. The maximum Gasteiger partial charge on any atom is 0.167 e. The Morgan fingerprint density at radius 1 is 1.28 bits per heavy atom. The van der Waals surface area contributed by atoms with Crippen LogP contribution < -0.4 is 4.74 Å². The maximum absolute atomic E-state index is 13.5. The predicted molar refractivity (Wildman–Crippen MR) is 96.7 cm³/mol. The molecule has 1 saturated heterocycles. The first-order valence-corrected chi connectivity index (χ1v) is 8.79. The number of halogens is 2. The Morgan fingerprint density at radius 3 is 2.76 bits per heavy atom. The molecule has 132 valence electrons. The quantitative estimate of drug-likeness (QED) is 0.730. The van der Waals surface area contributed by atoms with Crippen LogP contribution in [-0.4, -0.2) is 30.9 Å². The number of piperidine rings is 1. The van der Waals surface area contributed by atoms with Crippen molar-refractivity contribution in [2.45, 2.75) is 19.4 Å². The van der Waals surface area contributed by atoms with Crippen molar-refractivity contribution in [2.75, 3.05) is 20.2 Å². The molecule has 0 aliphatic carbocycles. The summed E-state index contributed by atoms with van der Waals surface area (Å²) in [7, 11) is 1.46. The average Bonchev–Trinajstić information content (AvgIpc) is 2.63. The van der Waals surface area contributed by atoms with Crippen LogP contribution in [0.4, 0.5) is 4.39 Å². The number of hydrogen-bond acceptors (Lipinski definition) is 3. The van der Waals surface area contributed by atoms with Gasteiger partial charge in [0, 0.05) is 29.6 Å². The minimum atomic E-state index is -0.360. The summed E-state index contributed by atoms with van der Waals surface area (Å²) in [5.74, 6) is 0.0410. The third-order valence-electron chi connectivity index (χ3n) is 4.63. The monoisotopic (exact) mass is 361 g/mol. The summed E-state index contributed by atoms with van der Waals surface area (Å²) in [5, 5.41) is 0.632. The zero-order valence-corrected chi connectivity index (χ0v) is 14.9. The molecule has 0 N–H and O–H groups in total. The second-order valence-corrected chi connectivity index (χ2v) is 6.85. The van der Waals surface area contributed by atoms with Crippen molar-refractivity contribution < 1.29 is 13.9 Å². The van der Waals surface area contributed by atoms with Crippen LogP contribution >= 0.6 is 11.6 Å². The highest BCUT2D eigenvalue weighted by molar-refractivity contribution is 6.30. The van der Waals surface area contributed by atoms with E-state index in [2.05, 4.69) is 4.90 Å². The van der Waals surface area contributed by atoms with Crippen molar-refractivity contribution in [1.29, 1.82) is 0 Å². The molecule has 0 bridgehead atoms. The van der Waals surface area contributed by atoms with Gasteiger partial charge in [0.25, 0.3) is 0 Å². The molecule has 1 fully saturated rings. The molecule has 0 amide bonds. The van der Waals surface area contributed by atoms with E-state index >= 15 is 0 Å². The molecule has 0 saturated carbocycles. The molecule has 0 aromatic heterocycles. The third-order valence-corrected chi connectivity index (χ3v) is 4.88. The van der Waals surface area contributed by atoms with Gasteiger partial charge in [-0.2, -0.15) is 0 Å². The lowest BCUT2D eigenvalue weighted by atomic mass is 9.90. The Kier molecular flexibility index (Phi) is 5.71. The van der Waals surface area contributed by atoms with E-state index in [1.807, 2.05) is 0 Å². The second-order valence-electron chi connectivity index (χ2n) is 6.41. The molecule has 2 aromatic rings. The molecule has 0 spiro atoms. The molecule has 3 rings (SSSR count). The number of likely N-dealkylation sites (tertiary alicyclic amines) is 1. The van der Waals surface area contributed by atoms with Crippen LogP contribution in [0.3, 0.4) is 0 Å². The van der Waals surface area contributed by atoms with Crippen molar-refractivity contribution in [2.24, 2.45) is 5.92 Å².